The van der Waals surface area contributed by atoms with Crippen LogP contribution >= 0.6 is 0 Å². The Hall–Kier alpha value is -1.80. The number of pyridine rings is 1. The predicted molar refractivity (Wildman–Crippen MR) is 54.5 cm³/mol. The molecule has 0 spiro atoms. The summed E-state index contributed by atoms with van der Waals surface area (Å²) in [5.41, 5.74) is -4.60. The second kappa shape index (κ2) is 6.10. The maximum absolute atomic E-state index is 13.4. The number of rotatable bonds is 4. The van der Waals surface area contributed by atoms with Gasteiger partial charge in [0.15, 0.2) is 0 Å². The number of halogens is 6. The number of nitrogens with zero attached hydrogens (tertiary/aromatic N) is 1. The van der Waals surface area contributed by atoms with Gasteiger partial charge in [-0.25, -0.2) is 13.8 Å². The van der Waals surface area contributed by atoms with Crippen LogP contribution in [0.25, 0.3) is 0 Å². The number of carbonyl (C=O) groups excluding carboxylic acids is 1. The van der Waals surface area contributed by atoms with Crippen molar-refractivity contribution in [1.29, 1.82) is 0 Å². The topological polar surface area (TPSA) is 39.2 Å². The van der Waals surface area contributed by atoms with Crippen molar-refractivity contribution in [1.82, 2.24) is 4.98 Å². The summed E-state index contributed by atoms with van der Waals surface area (Å²) in [7, 11) is 0. The van der Waals surface area contributed by atoms with Gasteiger partial charge in [-0.2, -0.15) is 17.6 Å². The first-order valence-corrected chi connectivity index (χ1v) is 5.36. The van der Waals surface area contributed by atoms with Gasteiger partial charge in [-0.1, -0.05) is 0 Å². The molecule has 0 amide bonds. The van der Waals surface area contributed by atoms with Crippen molar-refractivity contribution in [2.24, 2.45) is 0 Å². The monoisotopic (exact) mass is 301 g/mol. The third-order valence-electron chi connectivity index (χ3n) is 2.30. The minimum absolute atomic E-state index is 0.109. The highest BCUT2D eigenvalue weighted by atomic mass is 19.4. The number of ether oxygens (including phenoxy) is 1. The van der Waals surface area contributed by atoms with E-state index in [4.69, 9.17) is 0 Å². The number of aromatic nitrogens is 1. The summed E-state index contributed by atoms with van der Waals surface area (Å²) in [4.78, 5) is 14.0. The molecule has 0 saturated heterocycles. The van der Waals surface area contributed by atoms with Crippen LogP contribution in [0.4, 0.5) is 26.3 Å². The van der Waals surface area contributed by atoms with Crippen LogP contribution in [0.3, 0.4) is 0 Å². The van der Waals surface area contributed by atoms with Gasteiger partial charge in [-0.15, -0.1) is 0 Å². The second-order valence-electron chi connectivity index (χ2n) is 3.64. The molecule has 1 aromatic rings. The molecule has 9 heteroatoms. The van der Waals surface area contributed by atoms with Crippen molar-refractivity contribution in [3.8, 4) is 0 Å². The van der Waals surface area contributed by atoms with Gasteiger partial charge in [-0.05, 0) is 6.92 Å². The smallest absolute Gasteiger partial charge is 0.417 e. The third kappa shape index (κ3) is 3.61. The molecule has 1 heterocycles. The molecule has 0 aliphatic rings. The fourth-order valence-corrected chi connectivity index (χ4v) is 1.56. The molecule has 0 fully saturated rings. The fourth-order valence-electron chi connectivity index (χ4n) is 1.56. The zero-order valence-electron chi connectivity index (χ0n) is 10.1. The summed E-state index contributed by atoms with van der Waals surface area (Å²) in [6.45, 7) is 1.26. The van der Waals surface area contributed by atoms with E-state index in [0.717, 1.165) is 0 Å². The van der Waals surface area contributed by atoms with Gasteiger partial charge in [0.25, 0.3) is 6.43 Å². The molecule has 1 aromatic heterocycles. The minimum atomic E-state index is -5.24. The van der Waals surface area contributed by atoms with E-state index in [0.29, 0.717) is 0 Å². The number of hydrogen-bond acceptors (Lipinski definition) is 3. The molecule has 0 unspecified atom stereocenters. The van der Waals surface area contributed by atoms with Crippen molar-refractivity contribution < 1.29 is 35.9 Å². The van der Waals surface area contributed by atoms with Crippen LogP contribution in [0.5, 0.6) is 0 Å². The third-order valence-corrected chi connectivity index (χ3v) is 2.30. The summed E-state index contributed by atoms with van der Waals surface area (Å²) >= 11 is 0. The number of alkyl halides is 5. The summed E-state index contributed by atoms with van der Waals surface area (Å²) < 4.78 is 81.3. The van der Waals surface area contributed by atoms with Gasteiger partial charge in [0.1, 0.15) is 0 Å². The quantitative estimate of drug-likeness (QED) is 0.487. The highest BCUT2D eigenvalue weighted by molar-refractivity contribution is 5.73. The first-order chi connectivity index (χ1) is 9.18. The van der Waals surface area contributed by atoms with Crippen LogP contribution in [-0.4, -0.2) is 17.6 Å². The zero-order chi connectivity index (χ0) is 15.5. The highest BCUT2D eigenvalue weighted by Gasteiger charge is 2.40. The van der Waals surface area contributed by atoms with Crippen LogP contribution in [0.15, 0.2) is 6.20 Å². The molecule has 0 aliphatic heterocycles. The SMILES string of the molecule is CCOC(=O)Cc1c(F)ncc(C(F)F)c1C(F)(F)F. The van der Waals surface area contributed by atoms with E-state index in [2.05, 4.69) is 9.72 Å². The van der Waals surface area contributed by atoms with Crippen molar-refractivity contribution in [3.63, 3.8) is 0 Å². The molecule has 0 aromatic carbocycles. The summed E-state index contributed by atoms with van der Waals surface area (Å²) in [5.74, 6) is -2.79. The molecule has 112 valence electrons. The lowest BCUT2D eigenvalue weighted by Gasteiger charge is -2.16. The van der Waals surface area contributed by atoms with E-state index in [1.807, 2.05) is 0 Å². The van der Waals surface area contributed by atoms with Crippen LogP contribution in [0.2, 0.25) is 0 Å². The molecule has 0 radical (unpaired) electrons. The average Bonchev–Trinajstić information content (AvgIpc) is 2.29. The zero-order valence-corrected chi connectivity index (χ0v) is 10.1. The molecule has 0 N–H and O–H groups in total. The van der Waals surface area contributed by atoms with Gasteiger partial charge >= 0.3 is 12.1 Å². The first-order valence-electron chi connectivity index (χ1n) is 5.36. The number of carbonyl (C=O) groups is 1. The Kier molecular flexibility index (Phi) is 4.96. The van der Waals surface area contributed by atoms with Crippen LogP contribution in [-0.2, 0) is 22.1 Å². The van der Waals surface area contributed by atoms with Gasteiger partial charge in [0.2, 0.25) is 5.95 Å². The van der Waals surface area contributed by atoms with E-state index < -0.39 is 47.6 Å². The minimum Gasteiger partial charge on any atom is -0.466 e. The first kappa shape index (κ1) is 16.3. The number of hydrogen-bond donors (Lipinski definition) is 0. The van der Waals surface area contributed by atoms with E-state index in [-0.39, 0.29) is 12.8 Å². The Morgan fingerprint density at radius 3 is 2.45 bits per heavy atom. The fraction of sp³-hybridized carbons (Fsp3) is 0.455. The van der Waals surface area contributed by atoms with Gasteiger partial charge in [0, 0.05) is 17.3 Å². The van der Waals surface area contributed by atoms with Crippen LogP contribution in [0.1, 0.15) is 30.0 Å². The summed E-state index contributed by atoms with van der Waals surface area (Å²) in [5, 5.41) is 0. The van der Waals surface area contributed by atoms with Gasteiger partial charge in [0.05, 0.1) is 18.6 Å². The molecule has 0 atom stereocenters. The lowest BCUT2D eigenvalue weighted by molar-refractivity contribution is -0.144. The van der Waals surface area contributed by atoms with Gasteiger partial charge < -0.3 is 4.74 Å². The molecule has 3 nitrogen and oxygen atoms in total. The van der Waals surface area contributed by atoms with Crippen molar-refractivity contribution in [3.05, 3.63) is 28.8 Å². The maximum atomic E-state index is 13.4. The van der Waals surface area contributed by atoms with Crippen molar-refractivity contribution >= 4 is 5.97 Å². The molecule has 0 bridgehead atoms. The Morgan fingerprint density at radius 1 is 1.40 bits per heavy atom. The largest absolute Gasteiger partial charge is 0.466 e. The summed E-state index contributed by atoms with van der Waals surface area (Å²) in [6, 6.07) is 0. The molecular weight excluding hydrogens is 292 g/mol. The van der Waals surface area contributed by atoms with E-state index in [1.165, 1.54) is 6.92 Å². The second-order valence-corrected chi connectivity index (χ2v) is 3.64. The van der Waals surface area contributed by atoms with Crippen LogP contribution in [0, 0.1) is 5.95 Å². The maximum Gasteiger partial charge on any atom is 0.417 e. The molecule has 0 aliphatic carbocycles. The Morgan fingerprint density at radius 2 is 2.00 bits per heavy atom. The lowest BCUT2D eigenvalue weighted by Crippen LogP contribution is -2.19. The molecular formula is C11H9F6NO2. The molecule has 0 saturated carbocycles. The summed E-state index contributed by atoms with van der Waals surface area (Å²) in [6.07, 6.45) is -9.75. The van der Waals surface area contributed by atoms with E-state index >= 15 is 0 Å². The highest BCUT2D eigenvalue weighted by Crippen LogP contribution is 2.39. The van der Waals surface area contributed by atoms with Crippen molar-refractivity contribution in [2.45, 2.75) is 25.9 Å². The Bertz CT molecular complexity index is 500. The number of esters is 1. The molecule has 1 rings (SSSR count). The van der Waals surface area contributed by atoms with Crippen LogP contribution < -0.4 is 0 Å². The van der Waals surface area contributed by atoms with Gasteiger partial charge in [-0.3, -0.25) is 4.79 Å². The predicted octanol–water partition coefficient (Wildman–Crippen LogP) is 3.28. The van der Waals surface area contributed by atoms with Crippen molar-refractivity contribution in [2.75, 3.05) is 6.61 Å². The van der Waals surface area contributed by atoms with E-state index in [1.54, 1.807) is 0 Å². The average molecular weight is 301 g/mol. The molecule has 20 heavy (non-hydrogen) atoms. The standard InChI is InChI=1S/C11H9F6NO2/c1-2-20-7(19)3-5-8(11(15,16)17)6(9(12)13)4-18-10(5)14/h4,9H,2-3H2,1H3. The lowest BCUT2D eigenvalue weighted by atomic mass is 10.0. The Labute approximate surface area is 109 Å². The van der Waals surface area contributed by atoms with E-state index in [9.17, 15) is 31.1 Å². The Balaban J connectivity index is 3.40. The normalized spacial score (nSPS) is 11.8.